The Bertz CT molecular complexity index is 312. The first kappa shape index (κ1) is 13.9. The Morgan fingerprint density at radius 2 is 1.69 bits per heavy atom. The summed E-state index contributed by atoms with van der Waals surface area (Å²) in [5.74, 6) is 0.551. The van der Waals surface area contributed by atoms with Crippen molar-refractivity contribution in [1.82, 2.24) is 0 Å². The van der Waals surface area contributed by atoms with E-state index in [1.807, 2.05) is 0 Å². The Morgan fingerprint density at radius 3 is 2.06 bits per heavy atom. The van der Waals surface area contributed by atoms with Crippen molar-refractivity contribution >= 4 is 22.0 Å². The molecule has 0 heterocycles. The Balaban J connectivity index is 0.00000128. The zero-order valence-corrected chi connectivity index (χ0v) is 11.0. The van der Waals surface area contributed by atoms with Crippen molar-refractivity contribution in [1.29, 1.82) is 0 Å². The average molecular weight is 238 g/mol. The minimum Gasteiger partial charge on any atom is -0.0804 e. The predicted molar refractivity (Wildman–Crippen MR) is 69.2 cm³/mol. The zero-order chi connectivity index (χ0) is 10.5. The van der Waals surface area contributed by atoms with E-state index >= 15 is 0 Å². The summed E-state index contributed by atoms with van der Waals surface area (Å²) in [6, 6.07) is 0. The van der Waals surface area contributed by atoms with Gasteiger partial charge in [0.1, 0.15) is 0 Å². The van der Waals surface area contributed by atoms with Crippen LogP contribution in [0.1, 0.15) is 12.8 Å². The molecule has 0 aromatic rings. The molecule has 0 saturated carbocycles. The predicted octanol–water partition coefficient (Wildman–Crippen LogP) is 2.20. The van der Waals surface area contributed by atoms with Crippen LogP contribution >= 0.6 is 0 Å². The van der Waals surface area contributed by atoms with E-state index in [0.717, 1.165) is 19.2 Å². The van der Waals surface area contributed by atoms with Gasteiger partial charge >= 0.3 is 0 Å². The molecule has 0 unspecified atom stereocenters. The van der Waals surface area contributed by atoms with Gasteiger partial charge in [0, 0.05) is 36.5 Å². The molecule has 74 valence electrons. The van der Waals surface area contributed by atoms with Crippen molar-refractivity contribution in [2.45, 2.75) is 19.2 Å². The maximum absolute atomic E-state index is 5.42. The van der Waals surface area contributed by atoms with E-state index in [1.165, 1.54) is 11.1 Å². The van der Waals surface area contributed by atoms with Gasteiger partial charge in [-0.15, -0.1) is 0 Å². The average Bonchev–Trinajstić information content (AvgIpc) is 2.90. The van der Waals surface area contributed by atoms with Crippen LogP contribution in [-0.4, -0.2) is 22.0 Å². The Labute approximate surface area is 116 Å². The van der Waals surface area contributed by atoms with Gasteiger partial charge in [-0.3, -0.25) is 0 Å². The minimum atomic E-state index is 0. The molecule has 0 saturated heterocycles. The van der Waals surface area contributed by atoms with Crippen LogP contribution in [0, 0.1) is 5.92 Å². The SMILES string of the molecule is [B][B][B]CC(C1=CC=CC1)C1=CC=CC1.[Ti]. The van der Waals surface area contributed by atoms with Crippen LogP contribution in [0.4, 0.5) is 0 Å². The van der Waals surface area contributed by atoms with E-state index in [1.54, 1.807) is 7.06 Å². The Kier molecular flexibility index (Phi) is 6.31. The van der Waals surface area contributed by atoms with Gasteiger partial charge in [0.25, 0.3) is 0 Å². The second kappa shape index (κ2) is 7.24. The van der Waals surface area contributed by atoms with Gasteiger partial charge in [-0.05, 0) is 18.8 Å². The molecular formula is C12H13B3Ti. The second-order valence-corrected chi connectivity index (χ2v) is 3.96. The van der Waals surface area contributed by atoms with Crippen molar-refractivity contribution < 1.29 is 21.7 Å². The third-order valence-electron chi connectivity index (χ3n) is 3.00. The maximum Gasteiger partial charge on any atom is 0.0556 e. The van der Waals surface area contributed by atoms with Crippen LogP contribution in [0.15, 0.2) is 47.6 Å². The molecule has 0 bridgehead atoms. The van der Waals surface area contributed by atoms with Crippen LogP contribution in [0.25, 0.3) is 0 Å². The van der Waals surface area contributed by atoms with Gasteiger partial charge in [0.15, 0.2) is 0 Å². The van der Waals surface area contributed by atoms with Crippen LogP contribution in [-0.2, 0) is 21.7 Å². The molecule has 4 radical (unpaired) electrons. The van der Waals surface area contributed by atoms with Crippen molar-refractivity contribution in [3.63, 3.8) is 0 Å². The molecule has 0 aromatic carbocycles. The summed E-state index contributed by atoms with van der Waals surface area (Å²) in [5.41, 5.74) is 3.03. The molecule has 2 rings (SSSR count). The van der Waals surface area contributed by atoms with E-state index < -0.39 is 0 Å². The fraction of sp³-hybridized carbons (Fsp3) is 0.333. The largest absolute Gasteiger partial charge is 0.0804 e. The number of hydrogen-bond acceptors (Lipinski definition) is 0. The fourth-order valence-corrected chi connectivity index (χ4v) is 2.20. The fourth-order valence-electron chi connectivity index (χ4n) is 2.20. The van der Waals surface area contributed by atoms with Crippen LogP contribution in [0.3, 0.4) is 0 Å². The summed E-state index contributed by atoms with van der Waals surface area (Å²) in [7, 11) is 9.13. The van der Waals surface area contributed by atoms with Crippen molar-refractivity contribution in [2.75, 3.05) is 0 Å². The molecular weight excluding hydrogens is 224 g/mol. The molecule has 2 aliphatic carbocycles. The van der Waals surface area contributed by atoms with E-state index in [0.29, 0.717) is 5.92 Å². The van der Waals surface area contributed by atoms with Crippen molar-refractivity contribution in [3.05, 3.63) is 47.6 Å². The third-order valence-corrected chi connectivity index (χ3v) is 3.00. The molecule has 0 aromatic heterocycles. The van der Waals surface area contributed by atoms with Gasteiger partial charge in [-0.2, -0.15) is 0 Å². The summed E-state index contributed by atoms with van der Waals surface area (Å²) in [6.07, 6.45) is 16.4. The maximum atomic E-state index is 5.42. The van der Waals surface area contributed by atoms with E-state index in [-0.39, 0.29) is 21.7 Å². The first-order chi connectivity index (χ1) is 7.42. The zero-order valence-electron chi connectivity index (χ0n) is 9.39. The quantitative estimate of drug-likeness (QED) is 0.643. The molecule has 0 amide bonds. The molecule has 0 atom stereocenters. The molecule has 4 heteroatoms. The van der Waals surface area contributed by atoms with Crippen LogP contribution in [0.2, 0.25) is 6.32 Å². The number of allylic oxidation sites excluding steroid dienone is 8. The van der Waals surface area contributed by atoms with Gasteiger partial charge in [-0.25, -0.2) is 0 Å². The first-order valence-electron chi connectivity index (χ1n) is 5.49. The monoisotopic (exact) mass is 238 g/mol. The second-order valence-electron chi connectivity index (χ2n) is 3.96. The topological polar surface area (TPSA) is 0 Å². The molecule has 0 N–H and O–H groups in total. The van der Waals surface area contributed by atoms with Gasteiger partial charge in [0.2, 0.25) is 0 Å². The number of hydrogen-bond donors (Lipinski definition) is 0. The summed E-state index contributed by atoms with van der Waals surface area (Å²) in [5, 5.41) is 0. The van der Waals surface area contributed by atoms with Gasteiger partial charge in [-0.1, -0.05) is 53.9 Å². The molecule has 16 heavy (non-hydrogen) atoms. The summed E-state index contributed by atoms with van der Waals surface area (Å²) < 4.78 is 0. The van der Waals surface area contributed by atoms with Gasteiger partial charge in [0.05, 0.1) is 7.17 Å². The smallest absolute Gasteiger partial charge is 0.0556 e. The minimum absolute atomic E-state index is 0. The number of rotatable bonds is 5. The molecule has 0 spiro atoms. The molecule has 2 aliphatic rings. The van der Waals surface area contributed by atoms with E-state index in [4.69, 9.17) is 7.74 Å². The Hall–Kier alpha value is -0.131. The van der Waals surface area contributed by atoms with Crippen LogP contribution < -0.4 is 0 Å². The van der Waals surface area contributed by atoms with E-state index in [2.05, 4.69) is 43.6 Å². The molecule has 0 aliphatic heterocycles. The Morgan fingerprint density at radius 1 is 1.12 bits per heavy atom. The molecule has 0 fully saturated rings. The molecule has 0 nitrogen and oxygen atoms in total. The first-order valence-corrected chi connectivity index (χ1v) is 5.49. The normalized spacial score (nSPS) is 17.1. The summed E-state index contributed by atoms with van der Waals surface area (Å²) in [6.45, 7) is 0. The standard InChI is InChI=1S/C12H13B3.Ti/c13-15-14-9-12(10-5-1-2-6-10)11-7-3-4-8-11;/h1-5,7,12H,6,8-9H2;. The van der Waals surface area contributed by atoms with Crippen LogP contribution in [0.5, 0.6) is 0 Å². The van der Waals surface area contributed by atoms with E-state index in [9.17, 15) is 0 Å². The third kappa shape index (κ3) is 3.43. The van der Waals surface area contributed by atoms with Crippen molar-refractivity contribution in [3.8, 4) is 0 Å². The summed E-state index contributed by atoms with van der Waals surface area (Å²) in [4.78, 5) is 0. The van der Waals surface area contributed by atoms with Gasteiger partial charge < -0.3 is 0 Å². The summed E-state index contributed by atoms with van der Waals surface area (Å²) >= 11 is 0. The van der Waals surface area contributed by atoms with Crippen molar-refractivity contribution in [2.24, 2.45) is 5.92 Å².